The van der Waals surface area contributed by atoms with Gasteiger partial charge in [0, 0.05) is 23.7 Å². The number of aryl methyl sites for hydroxylation is 1. The van der Waals surface area contributed by atoms with Crippen molar-refractivity contribution in [2.24, 2.45) is 0 Å². The van der Waals surface area contributed by atoms with E-state index < -0.39 is 0 Å². The Kier molecular flexibility index (Phi) is 4.75. The summed E-state index contributed by atoms with van der Waals surface area (Å²) in [5.74, 6) is 5.86. The van der Waals surface area contributed by atoms with Crippen molar-refractivity contribution < 1.29 is 5.11 Å². The second-order valence-corrected chi connectivity index (χ2v) is 4.56. The van der Waals surface area contributed by atoms with Crippen LogP contribution >= 0.6 is 0 Å². The predicted molar refractivity (Wildman–Crippen MR) is 79.6 cm³/mol. The van der Waals surface area contributed by atoms with Gasteiger partial charge in [0.15, 0.2) is 0 Å². The molecule has 1 N–H and O–H groups in total. The average Bonchev–Trinajstić information content (AvgIpc) is 2.45. The van der Waals surface area contributed by atoms with Crippen molar-refractivity contribution in [1.29, 1.82) is 0 Å². The van der Waals surface area contributed by atoms with Gasteiger partial charge in [-0.1, -0.05) is 30.0 Å². The standard InChI is InChI=1S/C17H17NO2/c1-14-5-4-7-17(20)18(14)13-16-10-8-15(9-11-16)6-2-3-12-19/h4-5,7-11,19H,3,12-13H2,1H3. The number of nitrogens with zero attached hydrogens (tertiary/aromatic N) is 1. The molecule has 2 aromatic rings. The Morgan fingerprint density at radius 2 is 1.90 bits per heavy atom. The fraction of sp³-hybridized carbons (Fsp3) is 0.235. The number of aromatic nitrogens is 1. The summed E-state index contributed by atoms with van der Waals surface area (Å²) in [6.07, 6.45) is 0.486. The molecule has 102 valence electrons. The topological polar surface area (TPSA) is 42.2 Å². The fourth-order valence-corrected chi connectivity index (χ4v) is 1.92. The summed E-state index contributed by atoms with van der Waals surface area (Å²) in [4.78, 5) is 11.8. The van der Waals surface area contributed by atoms with Gasteiger partial charge in [-0.25, -0.2) is 0 Å². The van der Waals surface area contributed by atoms with E-state index in [1.54, 1.807) is 16.7 Å². The van der Waals surface area contributed by atoms with Crippen molar-refractivity contribution in [3.05, 3.63) is 69.6 Å². The molecule has 20 heavy (non-hydrogen) atoms. The highest BCUT2D eigenvalue weighted by atomic mass is 16.2. The van der Waals surface area contributed by atoms with Crippen LogP contribution in [0.3, 0.4) is 0 Å². The number of aliphatic hydroxyl groups excluding tert-OH is 1. The van der Waals surface area contributed by atoms with Crippen LogP contribution in [0.4, 0.5) is 0 Å². The zero-order valence-electron chi connectivity index (χ0n) is 11.5. The molecule has 0 fully saturated rings. The molecule has 0 aliphatic carbocycles. The van der Waals surface area contributed by atoms with Crippen molar-refractivity contribution in [3.8, 4) is 11.8 Å². The van der Waals surface area contributed by atoms with E-state index in [1.807, 2.05) is 37.3 Å². The van der Waals surface area contributed by atoms with Crippen LogP contribution in [0.5, 0.6) is 0 Å². The number of aliphatic hydroxyl groups is 1. The fourth-order valence-electron chi connectivity index (χ4n) is 1.92. The van der Waals surface area contributed by atoms with Gasteiger partial charge >= 0.3 is 0 Å². The highest BCUT2D eigenvalue weighted by Gasteiger charge is 2.00. The number of hydrogen-bond donors (Lipinski definition) is 1. The summed E-state index contributed by atoms with van der Waals surface area (Å²) in [7, 11) is 0. The molecule has 1 aromatic carbocycles. The van der Waals surface area contributed by atoms with Crippen LogP contribution in [0.15, 0.2) is 47.3 Å². The first-order valence-electron chi connectivity index (χ1n) is 6.56. The summed E-state index contributed by atoms with van der Waals surface area (Å²) in [6.45, 7) is 2.58. The predicted octanol–water partition coefficient (Wildman–Crippen LogP) is 1.94. The SMILES string of the molecule is Cc1cccc(=O)n1Cc1ccc(C#CCCO)cc1. The van der Waals surface area contributed by atoms with E-state index in [-0.39, 0.29) is 12.2 Å². The van der Waals surface area contributed by atoms with Crippen molar-refractivity contribution in [2.45, 2.75) is 19.9 Å². The third-order valence-corrected chi connectivity index (χ3v) is 3.03. The van der Waals surface area contributed by atoms with Crippen molar-refractivity contribution >= 4 is 0 Å². The Morgan fingerprint density at radius 3 is 2.55 bits per heavy atom. The molecular formula is C17H17NO2. The quantitative estimate of drug-likeness (QED) is 0.864. The summed E-state index contributed by atoms with van der Waals surface area (Å²) >= 11 is 0. The largest absolute Gasteiger partial charge is 0.395 e. The van der Waals surface area contributed by atoms with Crippen LogP contribution in [0.2, 0.25) is 0 Å². The lowest BCUT2D eigenvalue weighted by Gasteiger charge is -2.09. The van der Waals surface area contributed by atoms with E-state index in [2.05, 4.69) is 11.8 Å². The van der Waals surface area contributed by atoms with Crippen LogP contribution in [0, 0.1) is 18.8 Å². The van der Waals surface area contributed by atoms with E-state index in [0.29, 0.717) is 13.0 Å². The van der Waals surface area contributed by atoms with Gasteiger partial charge in [-0.3, -0.25) is 4.79 Å². The molecule has 0 spiro atoms. The molecule has 0 amide bonds. The van der Waals surface area contributed by atoms with E-state index in [4.69, 9.17) is 5.11 Å². The summed E-state index contributed by atoms with van der Waals surface area (Å²) < 4.78 is 1.74. The van der Waals surface area contributed by atoms with Gasteiger partial charge < -0.3 is 9.67 Å². The van der Waals surface area contributed by atoms with Crippen molar-refractivity contribution in [3.63, 3.8) is 0 Å². The molecule has 0 bridgehead atoms. The van der Waals surface area contributed by atoms with Crippen molar-refractivity contribution in [2.75, 3.05) is 6.61 Å². The van der Waals surface area contributed by atoms with Gasteiger partial charge in [0.2, 0.25) is 0 Å². The molecule has 0 atom stereocenters. The first-order valence-corrected chi connectivity index (χ1v) is 6.56. The third-order valence-electron chi connectivity index (χ3n) is 3.03. The first kappa shape index (κ1) is 14.1. The van der Waals surface area contributed by atoms with Gasteiger partial charge in [-0.15, -0.1) is 0 Å². The van der Waals surface area contributed by atoms with Crippen LogP contribution in [0.25, 0.3) is 0 Å². The summed E-state index contributed by atoms with van der Waals surface area (Å²) in [5.41, 5.74) is 2.94. The van der Waals surface area contributed by atoms with Gasteiger partial charge in [0.25, 0.3) is 5.56 Å². The van der Waals surface area contributed by atoms with Crippen LogP contribution < -0.4 is 5.56 Å². The Labute approximate surface area is 118 Å². The smallest absolute Gasteiger partial charge is 0.251 e. The molecule has 1 heterocycles. The molecule has 0 unspecified atom stereocenters. The Hall–Kier alpha value is -2.31. The van der Waals surface area contributed by atoms with Crippen LogP contribution in [-0.2, 0) is 6.54 Å². The maximum atomic E-state index is 11.8. The van der Waals surface area contributed by atoms with Gasteiger partial charge in [-0.2, -0.15) is 0 Å². The average molecular weight is 267 g/mol. The molecule has 2 rings (SSSR count). The second kappa shape index (κ2) is 6.74. The van der Waals surface area contributed by atoms with Crippen LogP contribution in [0.1, 0.15) is 23.2 Å². The Bertz CT molecular complexity index is 687. The van der Waals surface area contributed by atoms with E-state index >= 15 is 0 Å². The minimum absolute atomic E-state index is 0.0109. The maximum Gasteiger partial charge on any atom is 0.251 e. The Balaban J connectivity index is 2.16. The third kappa shape index (κ3) is 3.59. The number of hydrogen-bond acceptors (Lipinski definition) is 2. The van der Waals surface area contributed by atoms with Crippen LogP contribution in [-0.4, -0.2) is 16.3 Å². The van der Waals surface area contributed by atoms with Gasteiger partial charge in [0.1, 0.15) is 0 Å². The molecule has 0 aliphatic heterocycles. The molecule has 0 aliphatic rings. The van der Waals surface area contributed by atoms with Gasteiger partial charge in [0.05, 0.1) is 13.2 Å². The molecule has 0 saturated heterocycles. The zero-order chi connectivity index (χ0) is 14.4. The molecule has 3 nitrogen and oxygen atoms in total. The lowest BCUT2D eigenvalue weighted by atomic mass is 10.1. The molecular weight excluding hydrogens is 250 g/mol. The maximum absolute atomic E-state index is 11.8. The minimum atomic E-state index is 0.0109. The summed E-state index contributed by atoms with van der Waals surface area (Å²) in [5, 5.41) is 8.67. The number of benzene rings is 1. The Morgan fingerprint density at radius 1 is 1.15 bits per heavy atom. The number of pyridine rings is 1. The minimum Gasteiger partial charge on any atom is -0.395 e. The highest BCUT2D eigenvalue weighted by molar-refractivity contribution is 5.36. The first-order chi connectivity index (χ1) is 9.70. The van der Waals surface area contributed by atoms with Crippen molar-refractivity contribution in [1.82, 2.24) is 4.57 Å². The zero-order valence-corrected chi connectivity index (χ0v) is 11.5. The summed E-state index contributed by atoms with van der Waals surface area (Å²) in [6, 6.07) is 13.1. The highest BCUT2D eigenvalue weighted by Crippen LogP contribution is 2.06. The second-order valence-electron chi connectivity index (χ2n) is 4.56. The lowest BCUT2D eigenvalue weighted by molar-refractivity contribution is 0.305. The molecule has 1 aromatic heterocycles. The monoisotopic (exact) mass is 267 g/mol. The lowest BCUT2D eigenvalue weighted by Crippen LogP contribution is -2.21. The van der Waals surface area contributed by atoms with E-state index in [1.165, 1.54) is 0 Å². The normalized spacial score (nSPS) is 9.90. The van der Waals surface area contributed by atoms with E-state index in [9.17, 15) is 4.79 Å². The molecule has 0 radical (unpaired) electrons. The van der Waals surface area contributed by atoms with Gasteiger partial charge in [-0.05, 0) is 30.7 Å². The molecule has 3 heteroatoms. The number of rotatable bonds is 3. The molecule has 0 saturated carbocycles. The van der Waals surface area contributed by atoms with E-state index in [0.717, 1.165) is 16.8 Å².